The maximum absolute atomic E-state index is 13.2. The summed E-state index contributed by atoms with van der Waals surface area (Å²) in [5.74, 6) is -1.10. The number of rotatable bonds is 7. The summed E-state index contributed by atoms with van der Waals surface area (Å²) in [5, 5.41) is 1.18. The molecule has 10 nitrogen and oxygen atoms in total. The number of aliphatic imine (C=N–C) groups is 1. The topological polar surface area (TPSA) is 193 Å². The number of hydrogen-bond donors (Lipinski definition) is 5. The van der Waals surface area contributed by atoms with Crippen LogP contribution in [0.3, 0.4) is 0 Å². The van der Waals surface area contributed by atoms with Crippen molar-refractivity contribution in [3.63, 3.8) is 0 Å². The lowest BCUT2D eigenvalue weighted by molar-refractivity contribution is -0.125. The Morgan fingerprint density at radius 2 is 2.03 bits per heavy atom. The number of pyridine rings is 1. The molecule has 0 saturated heterocycles. The fourth-order valence-corrected chi connectivity index (χ4v) is 5.73. The number of nitrogens with zero attached hydrogens (tertiary/aromatic N) is 2. The molecule has 1 aromatic heterocycles. The second-order valence-electron chi connectivity index (χ2n) is 7.28. The normalized spacial score (nSPS) is 21.6. The van der Waals surface area contributed by atoms with E-state index in [9.17, 15) is 13.2 Å². The lowest BCUT2D eigenvalue weighted by Crippen LogP contribution is -2.59. The van der Waals surface area contributed by atoms with Crippen LogP contribution in [0.5, 0.6) is 0 Å². The highest BCUT2D eigenvalue weighted by atomic mass is 35.5. The molecule has 1 heterocycles. The molecule has 0 bridgehead atoms. The van der Waals surface area contributed by atoms with Gasteiger partial charge >= 0.3 is 0 Å². The van der Waals surface area contributed by atoms with Gasteiger partial charge in [-0.05, 0) is 43.9 Å². The summed E-state index contributed by atoms with van der Waals surface area (Å²) in [6, 6.07) is 4.28. The molecule has 1 aliphatic carbocycles. The Morgan fingerprint density at radius 3 is 2.67 bits per heavy atom. The van der Waals surface area contributed by atoms with Crippen molar-refractivity contribution in [1.29, 1.82) is 0 Å². The van der Waals surface area contributed by atoms with Crippen molar-refractivity contribution in [3.05, 3.63) is 29.4 Å². The Kier molecular flexibility index (Phi) is 6.18. The zero-order valence-corrected chi connectivity index (χ0v) is 17.7. The van der Waals surface area contributed by atoms with Gasteiger partial charge in [-0.15, -0.1) is 0 Å². The van der Waals surface area contributed by atoms with E-state index in [-0.39, 0.29) is 22.6 Å². The summed E-state index contributed by atoms with van der Waals surface area (Å²) in [6.45, 7) is 0.323. The standard InChI is InChI=1S/C18H24ClN7O3S/c19-14-9-24-15(25-17(22)23)13-8-11(3-4-12(13)14)30(28,29)26-18(16(21)27)6-1-2-10(18)5-7-20/h3-4,8-10,26H,1-2,5-7,20H2,(H2,21,27)(H4,22,23,24,25). The van der Waals surface area contributed by atoms with Gasteiger partial charge < -0.3 is 22.9 Å². The van der Waals surface area contributed by atoms with Crippen LogP contribution >= 0.6 is 11.6 Å². The molecule has 12 heteroatoms. The van der Waals surface area contributed by atoms with Gasteiger partial charge in [0.25, 0.3) is 0 Å². The molecule has 162 valence electrons. The van der Waals surface area contributed by atoms with Gasteiger partial charge in [0.2, 0.25) is 15.9 Å². The molecule has 2 aromatic rings. The van der Waals surface area contributed by atoms with Crippen LogP contribution in [0, 0.1) is 5.92 Å². The Morgan fingerprint density at radius 1 is 1.30 bits per heavy atom. The van der Waals surface area contributed by atoms with Crippen LogP contribution in [0.1, 0.15) is 25.7 Å². The van der Waals surface area contributed by atoms with Gasteiger partial charge in [-0.1, -0.05) is 24.1 Å². The molecule has 1 saturated carbocycles. The number of sulfonamides is 1. The van der Waals surface area contributed by atoms with Crippen molar-refractivity contribution in [3.8, 4) is 0 Å². The zero-order valence-electron chi connectivity index (χ0n) is 16.1. The van der Waals surface area contributed by atoms with Crippen molar-refractivity contribution in [1.82, 2.24) is 9.71 Å². The van der Waals surface area contributed by atoms with Crippen molar-refractivity contribution in [2.75, 3.05) is 6.54 Å². The summed E-state index contributed by atoms with van der Waals surface area (Å²) >= 11 is 6.18. The fourth-order valence-electron chi connectivity index (χ4n) is 4.03. The molecule has 2 unspecified atom stereocenters. The van der Waals surface area contributed by atoms with E-state index in [4.69, 9.17) is 34.5 Å². The van der Waals surface area contributed by atoms with Crippen LogP contribution < -0.4 is 27.7 Å². The maximum Gasteiger partial charge on any atom is 0.241 e. The van der Waals surface area contributed by atoms with E-state index in [2.05, 4.69) is 14.7 Å². The predicted molar refractivity (Wildman–Crippen MR) is 115 cm³/mol. The molecule has 9 N–H and O–H groups in total. The van der Waals surface area contributed by atoms with Crippen LogP contribution in [0.25, 0.3) is 10.8 Å². The molecule has 3 rings (SSSR count). The van der Waals surface area contributed by atoms with E-state index in [1.54, 1.807) is 0 Å². The third kappa shape index (κ3) is 4.06. The highest BCUT2D eigenvalue weighted by molar-refractivity contribution is 7.89. The molecule has 1 fully saturated rings. The maximum atomic E-state index is 13.2. The van der Waals surface area contributed by atoms with Crippen LogP contribution in [-0.2, 0) is 14.8 Å². The first-order chi connectivity index (χ1) is 14.1. The highest BCUT2D eigenvalue weighted by Gasteiger charge is 2.50. The number of aromatic nitrogens is 1. The van der Waals surface area contributed by atoms with Gasteiger partial charge in [0.15, 0.2) is 11.8 Å². The second-order valence-corrected chi connectivity index (χ2v) is 9.37. The number of nitrogens with two attached hydrogens (primary N) is 4. The molecule has 0 aliphatic heterocycles. The SMILES string of the molecule is NCCC1CCCC1(NS(=O)(=O)c1ccc2c(Cl)cnc(N=C(N)N)c2c1)C(N)=O. The Labute approximate surface area is 179 Å². The van der Waals surface area contributed by atoms with Crippen LogP contribution in [0.15, 0.2) is 34.3 Å². The molecule has 30 heavy (non-hydrogen) atoms. The highest BCUT2D eigenvalue weighted by Crippen LogP contribution is 2.39. The number of guanidine groups is 1. The van der Waals surface area contributed by atoms with Gasteiger partial charge in [-0.2, -0.15) is 9.71 Å². The number of carbonyl (C=O) groups is 1. The minimum Gasteiger partial charge on any atom is -0.370 e. The zero-order chi connectivity index (χ0) is 22.1. The van der Waals surface area contributed by atoms with Crippen molar-refractivity contribution >= 4 is 50.1 Å². The van der Waals surface area contributed by atoms with E-state index in [1.165, 1.54) is 24.4 Å². The predicted octanol–water partition coefficient (Wildman–Crippen LogP) is 0.444. The van der Waals surface area contributed by atoms with Crippen LogP contribution in [0.2, 0.25) is 5.02 Å². The Bertz CT molecular complexity index is 1120. The van der Waals surface area contributed by atoms with E-state index in [0.717, 1.165) is 0 Å². The van der Waals surface area contributed by atoms with Gasteiger partial charge in [-0.3, -0.25) is 4.79 Å². The van der Waals surface area contributed by atoms with Gasteiger partial charge in [0, 0.05) is 17.0 Å². The van der Waals surface area contributed by atoms with E-state index < -0.39 is 21.5 Å². The van der Waals surface area contributed by atoms with E-state index in [0.29, 0.717) is 48.0 Å². The molecule has 1 aromatic carbocycles. The summed E-state index contributed by atoms with van der Waals surface area (Å²) in [4.78, 5) is 20.2. The minimum atomic E-state index is -4.12. The quantitative estimate of drug-likeness (QED) is 0.296. The molecule has 2 atom stereocenters. The molecule has 1 aliphatic rings. The summed E-state index contributed by atoms with van der Waals surface area (Å²) < 4.78 is 29.0. The Balaban J connectivity index is 2.10. The summed E-state index contributed by atoms with van der Waals surface area (Å²) in [5.41, 5.74) is 20.8. The number of carbonyl (C=O) groups excluding carboxylic acids is 1. The smallest absolute Gasteiger partial charge is 0.241 e. The first-order valence-corrected chi connectivity index (χ1v) is 11.2. The third-order valence-corrected chi connectivity index (χ3v) is 7.24. The third-order valence-electron chi connectivity index (χ3n) is 5.43. The molecule has 1 amide bonds. The van der Waals surface area contributed by atoms with Gasteiger partial charge in [0.05, 0.1) is 9.92 Å². The monoisotopic (exact) mass is 453 g/mol. The first-order valence-electron chi connectivity index (χ1n) is 9.32. The number of benzene rings is 1. The van der Waals surface area contributed by atoms with Crippen molar-refractivity contribution in [2.45, 2.75) is 36.1 Å². The second kappa shape index (κ2) is 8.34. The minimum absolute atomic E-state index is 0.0925. The largest absolute Gasteiger partial charge is 0.370 e. The van der Waals surface area contributed by atoms with Crippen molar-refractivity contribution < 1.29 is 13.2 Å². The molecule has 0 radical (unpaired) electrons. The average molecular weight is 454 g/mol. The lowest BCUT2D eigenvalue weighted by atomic mass is 9.85. The number of fused-ring (bicyclic) bond motifs is 1. The molecular formula is C18H24ClN7O3S. The fraction of sp³-hybridized carbons (Fsp3) is 0.389. The van der Waals surface area contributed by atoms with Crippen molar-refractivity contribution in [2.24, 2.45) is 33.8 Å². The van der Waals surface area contributed by atoms with Gasteiger partial charge in [0.1, 0.15) is 5.54 Å². The number of amides is 1. The Hall–Kier alpha value is -2.47. The molecule has 0 spiro atoms. The van der Waals surface area contributed by atoms with Gasteiger partial charge in [-0.25, -0.2) is 13.4 Å². The number of hydrogen-bond acceptors (Lipinski definition) is 6. The number of halogens is 1. The van der Waals surface area contributed by atoms with E-state index >= 15 is 0 Å². The summed E-state index contributed by atoms with van der Waals surface area (Å²) in [7, 11) is -4.12. The lowest BCUT2D eigenvalue weighted by Gasteiger charge is -2.33. The van der Waals surface area contributed by atoms with E-state index in [1.807, 2.05) is 0 Å². The molecular weight excluding hydrogens is 430 g/mol. The first kappa shape index (κ1) is 22.2. The number of nitrogens with one attached hydrogen (secondary N) is 1. The van der Waals surface area contributed by atoms with Crippen LogP contribution in [-0.4, -0.2) is 37.4 Å². The number of primary amides is 1. The average Bonchev–Trinajstić information content (AvgIpc) is 3.07. The van der Waals surface area contributed by atoms with Crippen LogP contribution in [0.4, 0.5) is 5.82 Å². The summed E-state index contributed by atoms with van der Waals surface area (Å²) in [6.07, 6.45) is 3.50.